The summed E-state index contributed by atoms with van der Waals surface area (Å²) >= 11 is 0. The van der Waals surface area contributed by atoms with E-state index in [2.05, 4.69) is 20.4 Å². The SMILES string of the molecule is CC(C)(O)CN1CCN(C(=O)Cc2ccc(-n3cnnn3)cc2)CC1. The molecule has 8 nitrogen and oxygen atoms in total. The lowest BCUT2D eigenvalue weighted by Crippen LogP contribution is -2.52. The number of nitrogens with zero attached hydrogens (tertiary/aromatic N) is 6. The molecule has 25 heavy (non-hydrogen) atoms. The second kappa shape index (κ2) is 7.28. The van der Waals surface area contributed by atoms with Crippen LogP contribution in [0, 0.1) is 0 Å². The fraction of sp³-hybridized carbons (Fsp3) is 0.529. The third-order valence-corrected chi connectivity index (χ3v) is 4.24. The number of hydrogen-bond acceptors (Lipinski definition) is 6. The van der Waals surface area contributed by atoms with Crippen molar-refractivity contribution in [1.82, 2.24) is 30.0 Å². The van der Waals surface area contributed by atoms with Crippen LogP contribution >= 0.6 is 0 Å². The maximum absolute atomic E-state index is 12.5. The maximum atomic E-state index is 12.5. The highest BCUT2D eigenvalue weighted by atomic mass is 16.3. The fourth-order valence-electron chi connectivity index (χ4n) is 3.04. The molecule has 0 saturated carbocycles. The molecule has 1 N–H and O–H groups in total. The lowest BCUT2D eigenvalue weighted by atomic mass is 10.1. The van der Waals surface area contributed by atoms with Crippen LogP contribution in [-0.2, 0) is 11.2 Å². The van der Waals surface area contributed by atoms with Gasteiger partial charge in [0.25, 0.3) is 0 Å². The molecule has 134 valence electrons. The topological polar surface area (TPSA) is 87.4 Å². The molecule has 1 amide bonds. The minimum Gasteiger partial charge on any atom is -0.389 e. The average molecular weight is 344 g/mol. The predicted octanol–water partition coefficient (Wildman–Crippen LogP) is 0.120. The molecule has 0 spiro atoms. The van der Waals surface area contributed by atoms with Gasteiger partial charge in [-0.3, -0.25) is 9.69 Å². The van der Waals surface area contributed by atoms with Crippen molar-refractivity contribution < 1.29 is 9.90 Å². The molecule has 0 unspecified atom stereocenters. The summed E-state index contributed by atoms with van der Waals surface area (Å²) in [5.74, 6) is 0.137. The largest absolute Gasteiger partial charge is 0.389 e. The van der Waals surface area contributed by atoms with E-state index in [-0.39, 0.29) is 5.91 Å². The van der Waals surface area contributed by atoms with E-state index in [1.54, 1.807) is 4.68 Å². The van der Waals surface area contributed by atoms with Crippen LogP contribution in [0.1, 0.15) is 19.4 Å². The van der Waals surface area contributed by atoms with Gasteiger partial charge >= 0.3 is 0 Å². The number of amides is 1. The number of β-amino-alcohol motifs (C(OH)–C–C–N with tert-alkyl or cyclic N) is 1. The number of benzene rings is 1. The molecule has 1 aliphatic rings. The normalized spacial score (nSPS) is 16.2. The molecule has 1 aromatic heterocycles. The molecule has 1 aromatic carbocycles. The number of aliphatic hydroxyl groups is 1. The summed E-state index contributed by atoms with van der Waals surface area (Å²) in [6.07, 6.45) is 1.93. The van der Waals surface area contributed by atoms with Crippen LogP contribution in [0.3, 0.4) is 0 Å². The van der Waals surface area contributed by atoms with E-state index in [4.69, 9.17) is 0 Å². The molecule has 8 heteroatoms. The third-order valence-electron chi connectivity index (χ3n) is 4.24. The van der Waals surface area contributed by atoms with Gasteiger partial charge in [0.2, 0.25) is 5.91 Å². The molecule has 0 bridgehead atoms. The molecule has 3 rings (SSSR count). The van der Waals surface area contributed by atoms with Gasteiger partial charge in [-0.2, -0.15) is 0 Å². The zero-order valence-corrected chi connectivity index (χ0v) is 14.7. The van der Waals surface area contributed by atoms with Crippen LogP contribution in [0.4, 0.5) is 0 Å². The summed E-state index contributed by atoms with van der Waals surface area (Å²) in [6.45, 7) is 7.26. The summed E-state index contributed by atoms with van der Waals surface area (Å²) in [4.78, 5) is 16.6. The van der Waals surface area contributed by atoms with E-state index in [1.807, 2.05) is 43.0 Å². The van der Waals surface area contributed by atoms with Gasteiger partial charge in [0.15, 0.2) is 0 Å². The Hall–Kier alpha value is -2.32. The Labute approximate surface area is 147 Å². The van der Waals surface area contributed by atoms with Crippen LogP contribution in [-0.4, -0.2) is 79.3 Å². The predicted molar refractivity (Wildman–Crippen MR) is 92.2 cm³/mol. The first-order valence-electron chi connectivity index (χ1n) is 8.45. The standard InChI is InChI=1S/C17H24N6O2/c1-17(2,25)12-21-7-9-22(10-8-21)16(24)11-14-3-5-15(6-4-14)23-13-18-19-20-23/h3-6,13,25H,7-12H2,1-2H3. The van der Waals surface area contributed by atoms with E-state index >= 15 is 0 Å². The van der Waals surface area contributed by atoms with Gasteiger partial charge in [-0.25, -0.2) is 4.68 Å². The molecule has 1 saturated heterocycles. The first-order chi connectivity index (χ1) is 11.9. The molecular formula is C17H24N6O2. The van der Waals surface area contributed by atoms with Crippen LogP contribution in [0.5, 0.6) is 0 Å². The Bertz CT molecular complexity index is 685. The summed E-state index contributed by atoms with van der Waals surface area (Å²) in [5.41, 5.74) is 1.13. The van der Waals surface area contributed by atoms with Crippen molar-refractivity contribution in [1.29, 1.82) is 0 Å². The molecule has 2 aromatic rings. The highest BCUT2D eigenvalue weighted by Crippen LogP contribution is 2.12. The van der Waals surface area contributed by atoms with Crippen LogP contribution in [0.25, 0.3) is 5.69 Å². The highest BCUT2D eigenvalue weighted by Gasteiger charge is 2.24. The molecule has 0 aliphatic carbocycles. The zero-order chi connectivity index (χ0) is 17.9. The number of rotatable bonds is 5. The summed E-state index contributed by atoms with van der Waals surface area (Å²) in [6, 6.07) is 7.67. The molecule has 1 aliphatic heterocycles. The second-order valence-corrected chi connectivity index (χ2v) is 7.07. The second-order valence-electron chi connectivity index (χ2n) is 7.07. The van der Waals surface area contributed by atoms with Gasteiger partial charge in [0, 0.05) is 32.7 Å². The number of tetrazole rings is 1. The van der Waals surface area contributed by atoms with Gasteiger partial charge in [-0.15, -0.1) is 5.10 Å². The Morgan fingerprint density at radius 2 is 1.84 bits per heavy atom. The maximum Gasteiger partial charge on any atom is 0.227 e. The van der Waals surface area contributed by atoms with Crippen LogP contribution in [0.15, 0.2) is 30.6 Å². The zero-order valence-electron chi connectivity index (χ0n) is 14.7. The monoisotopic (exact) mass is 344 g/mol. The Morgan fingerprint density at radius 3 is 2.40 bits per heavy atom. The van der Waals surface area contributed by atoms with Gasteiger partial charge in [-0.05, 0) is 42.0 Å². The van der Waals surface area contributed by atoms with Crippen LogP contribution < -0.4 is 0 Å². The summed E-state index contributed by atoms with van der Waals surface area (Å²) < 4.78 is 1.58. The van der Waals surface area contributed by atoms with Crippen molar-refractivity contribution in [2.45, 2.75) is 25.9 Å². The van der Waals surface area contributed by atoms with E-state index in [0.29, 0.717) is 26.1 Å². The van der Waals surface area contributed by atoms with E-state index < -0.39 is 5.60 Å². The Balaban J connectivity index is 1.51. The minimum absolute atomic E-state index is 0.137. The average Bonchev–Trinajstić information content (AvgIpc) is 3.09. The molecule has 0 radical (unpaired) electrons. The van der Waals surface area contributed by atoms with Crippen molar-refractivity contribution in [3.8, 4) is 5.69 Å². The number of carbonyl (C=O) groups excluding carboxylic acids is 1. The smallest absolute Gasteiger partial charge is 0.227 e. The number of carbonyl (C=O) groups is 1. The third kappa shape index (κ3) is 4.83. The Morgan fingerprint density at radius 1 is 1.16 bits per heavy atom. The lowest BCUT2D eigenvalue weighted by Gasteiger charge is -2.37. The number of hydrogen-bond donors (Lipinski definition) is 1. The van der Waals surface area contributed by atoms with Crippen molar-refractivity contribution in [3.63, 3.8) is 0 Å². The number of aromatic nitrogens is 4. The van der Waals surface area contributed by atoms with Gasteiger partial charge in [-0.1, -0.05) is 12.1 Å². The minimum atomic E-state index is -0.701. The van der Waals surface area contributed by atoms with Crippen LogP contribution in [0.2, 0.25) is 0 Å². The van der Waals surface area contributed by atoms with E-state index in [0.717, 1.165) is 24.3 Å². The van der Waals surface area contributed by atoms with E-state index in [1.165, 1.54) is 6.33 Å². The molecule has 0 atom stereocenters. The molecule has 1 fully saturated rings. The fourth-order valence-corrected chi connectivity index (χ4v) is 3.04. The first-order valence-corrected chi connectivity index (χ1v) is 8.45. The van der Waals surface area contributed by atoms with Crippen molar-refractivity contribution in [3.05, 3.63) is 36.2 Å². The molecular weight excluding hydrogens is 320 g/mol. The summed E-state index contributed by atoms with van der Waals surface area (Å²) in [7, 11) is 0. The quantitative estimate of drug-likeness (QED) is 0.829. The molecule has 2 heterocycles. The number of piperazine rings is 1. The van der Waals surface area contributed by atoms with Crippen molar-refractivity contribution >= 4 is 5.91 Å². The highest BCUT2D eigenvalue weighted by molar-refractivity contribution is 5.79. The summed E-state index contributed by atoms with van der Waals surface area (Å²) in [5, 5.41) is 21.0. The van der Waals surface area contributed by atoms with Crippen molar-refractivity contribution in [2.24, 2.45) is 0 Å². The lowest BCUT2D eigenvalue weighted by molar-refractivity contribution is -0.132. The van der Waals surface area contributed by atoms with Gasteiger partial charge in [0.1, 0.15) is 6.33 Å². The van der Waals surface area contributed by atoms with Gasteiger partial charge < -0.3 is 10.0 Å². The van der Waals surface area contributed by atoms with Gasteiger partial charge in [0.05, 0.1) is 17.7 Å². The van der Waals surface area contributed by atoms with Crippen molar-refractivity contribution in [2.75, 3.05) is 32.7 Å². The first kappa shape index (κ1) is 17.5. The Kier molecular flexibility index (Phi) is 5.10. The van der Waals surface area contributed by atoms with E-state index in [9.17, 15) is 9.90 Å².